The molecule has 0 heterocycles. The summed E-state index contributed by atoms with van der Waals surface area (Å²) in [7, 11) is -1.63. The number of carbonyl (C=O) groups excluding carboxylic acids is 1. The molecule has 8 heteroatoms. The molecular formula is C11H14BNO6. The van der Waals surface area contributed by atoms with E-state index in [2.05, 4.69) is 5.32 Å². The Labute approximate surface area is 110 Å². The number of carboxylic acid groups (broad SMARTS) is 1. The maximum Gasteiger partial charge on any atom is 0.488 e. The molecule has 7 nitrogen and oxygen atoms in total. The molecule has 1 rings (SSSR count). The van der Waals surface area contributed by atoms with Crippen LogP contribution in [0, 0.1) is 0 Å². The van der Waals surface area contributed by atoms with Gasteiger partial charge in [-0.3, -0.25) is 4.79 Å². The van der Waals surface area contributed by atoms with Gasteiger partial charge in [0.25, 0.3) is 5.91 Å². The normalized spacial score (nSPS) is 10.0. The molecule has 0 aliphatic rings. The highest BCUT2D eigenvalue weighted by Crippen LogP contribution is 1.97. The van der Waals surface area contributed by atoms with Gasteiger partial charge in [0, 0.05) is 12.1 Å². The largest absolute Gasteiger partial charge is 0.488 e. The van der Waals surface area contributed by atoms with Gasteiger partial charge in [-0.05, 0) is 17.6 Å². The Hall–Kier alpha value is -1.90. The zero-order valence-electron chi connectivity index (χ0n) is 10.1. The summed E-state index contributed by atoms with van der Waals surface area (Å²) in [5.74, 6) is -1.47. The fourth-order valence-electron chi connectivity index (χ4n) is 1.34. The van der Waals surface area contributed by atoms with Crippen LogP contribution in [0.5, 0.6) is 0 Å². The second-order valence-electron chi connectivity index (χ2n) is 3.70. The molecule has 0 aliphatic carbocycles. The smallest absolute Gasteiger partial charge is 0.480 e. The molecule has 0 saturated heterocycles. The molecule has 0 spiro atoms. The van der Waals surface area contributed by atoms with Gasteiger partial charge in [-0.15, -0.1) is 0 Å². The molecular weight excluding hydrogens is 253 g/mol. The van der Waals surface area contributed by atoms with Crippen molar-refractivity contribution in [2.45, 2.75) is 0 Å². The number of benzene rings is 1. The number of rotatable bonds is 7. The predicted molar refractivity (Wildman–Crippen MR) is 67.1 cm³/mol. The molecule has 4 N–H and O–H groups in total. The first-order chi connectivity index (χ1) is 9.00. The number of carbonyl (C=O) groups is 2. The molecule has 1 aromatic rings. The summed E-state index contributed by atoms with van der Waals surface area (Å²) in [6, 6.07) is 5.90. The standard InChI is InChI=1S/C11H14BNO6/c14-10(15)7-19-5-4-13-11(16)8-2-1-3-9(6-8)12(17)18/h1-3,6,17-18H,4-5,7H2,(H,13,16)(H,14,15). The first-order valence-corrected chi connectivity index (χ1v) is 5.54. The summed E-state index contributed by atoms with van der Waals surface area (Å²) in [6.45, 7) is -0.166. The molecule has 0 unspecified atom stereocenters. The average molecular weight is 267 g/mol. The molecule has 19 heavy (non-hydrogen) atoms. The number of carboxylic acids is 1. The topological polar surface area (TPSA) is 116 Å². The average Bonchev–Trinajstić information content (AvgIpc) is 2.37. The Morgan fingerprint density at radius 3 is 2.68 bits per heavy atom. The van der Waals surface area contributed by atoms with Crippen LogP contribution in [0.4, 0.5) is 0 Å². The maximum absolute atomic E-state index is 11.7. The highest BCUT2D eigenvalue weighted by molar-refractivity contribution is 6.58. The van der Waals surface area contributed by atoms with Crippen LogP contribution < -0.4 is 10.8 Å². The van der Waals surface area contributed by atoms with Gasteiger partial charge in [0.2, 0.25) is 0 Å². The van der Waals surface area contributed by atoms with E-state index in [1.54, 1.807) is 0 Å². The van der Waals surface area contributed by atoms with Crippen molar-refractivity contribution in [3.05, 3.63) is 29.8 Å². The summed E-state index contributed by atoms with van der Waals surface area (Å²) < 4.78 is 4.75. The van der Waals surface area contributed by atoms with Gasteiger partial charge in [-0.2, -0.15) is 0 Å². The lowest BCUT2D eigenvalue weighted by molar-refractivity contribution is -0.142. The van der Waals surface area contributed by atoms with Crippen LogP contribution in [0.1, 0.15) is 10.4 Å². The number of nitrogens with one attached hydrogen (secondary N) is 1. The second-order valence-corrected chi connectivity index (χ2v) is 3.70. The van der Waals surface area contributed by atoms with Gasteiger partial charge >= 0.3 is 13.1 Å². The van der Waals surface area contributed by atoms with E-state index in [0.717, 1.165) is 0 Å². The van der Waals surface area contributed by atoms with Gasteiger partial charge < -0.3 is 25.2 Å². The minimum atomic E-state index is -1.63. The molecule has 1 aromatic carbocycles. The Morgan fingerprint density at radius 1 is 1.32 bits per heavy atom. The van der Waals surface area contributed by atoms with Gasteiger partial charge in [-0.1, -0.05) is 12.1 Å². The lowest BCUT2D eigenvalue weighted by Crippen LogP contribution is -2.32. The van der Waals surface area contributed by atoms with E-state index in [1.165, 1.54) is 24.3 Å². The monoisotopic (exact) mass is 267 g/mol. The Bertz CT molecular complexity index is 451. The molecule has 1 amide bonds. The maximum atomic E-state index is 11.7. The van der Waals surface area contributed by atoms with Crippen LogP contribution in [-0.4, -0.2) is 53.9 Å². The molecule has 0 saturated carbocycles. The van der Waals surface area contributed by atoms with E-state index < -0.39 is 25.6 Å². The zero-order chi connectivity index (χ0) is 14.3. The third-order valence-electron chi connectivity index (χ3n) is 2.20. The van der Waals surface area contributed by atoms with Gasteiger partial charge in [0.1, 0.15) is 6.61 Å². The van der Waals surface area contributed by atoms with Crippen molar-refractivity contribution in [2.75, 3.05) is 19.8 Å². The first-order valence-electron chi connectivity index (χ1n) is 5.54. The highest BCUT2D eigenvalue weighted by Gasteiger charge is 2.13. The van der Waals surface area contributed by atoms with E-state index in [9.17, 15) is 9.59 Å². The summed E-state index contributed by atoms with van der Waals surface area (Å²) in [4.78, 5) is 21.8. The predicted octanol–water partition coefficient (Wildman–Crippen LogP) is -1.80. The number of hydrogen-bond donors (Lipinski definition) is 4. The number of ether oxygens (including phenoxy) is 1. The number of amides is 1. The van der Waals surface area contributed by atoms with E-state index in [4.69, 9.17) is 19.9 Å². The van der Waals surface area contributed by atoms with Crippen LogP contribution in [-0.2, 0) is 9.53 Å². The molecule has 0 atom stereocenters. The molecule has 0 aliphatic heterocycles. The van der Waals surface area contributed by atoms with Gasteiger partial charge in [0.15, 0.2) is 0 Å². The summed E-state index contributed by atoms with van der Waals surface area (Å²) in [5, 5.41) is 28.8. The zero-order valence-corrected chi connectivity index (χ0v) is 10.1. The summed E-state index contributed by atoms with van der Waals surface area (Å²) >= 11 is 0. The third-order valence-corrected chi connectivity index (χ3v) is 2.20. The van der Waals surface area contributed by atoms with Gasteiger partial charge in [0.05, 0.1) is 6.61 Å². The van der Waals surface area contributed by atoms with Crippen LogP contribution in [0.2, 0.25) is 0 Å². The molecule has 102 valence electrons. The lowest BCUT2D eigenvalue weighted by Gasteiger charge is -2.06. The van der Waals surface area contributed by atoms with E-state index in [0.29, 0.717) is 0 Å². The quantitative estimate of drug-likeness (QED) is 0.342. The third kappa shape index (κ3) is 5.51. The first kappa shape index (κ1) is 15.2. The molecule has 0 aromatic heterocycles. The fraction of sp³-hybridized carbons (Fsp3) is 0.273. The minimum absolute atomic E-state index is 0.0837. The Kier molecular flexibility index (Phi) is 6.00. The van der Waals surface area contributed by atoms with Crippen molar-refractivity contribution < 1.29 is 29.5 Å². The second kappa shape index (κ2) is 7.52. The van der Waals surface area contributed by atoms with E-state index >= 15 is 0 Å². The fourth-order valence-corrected chi connectivity index (χ4v) is 1.34. The van der Waals surface area contributed by atoms with Crippen molar-refractivity contribution in [1.29, 1.82) is 0 Å². The van der Waals surface area contributed by atoms with Crippen LogP contribution in [0.25, 0.3) is 0 Å². The van der Waals surface area contributed by atoms with Crippen LogP contribution in [0.3, 0.4) is 0 Å². The summed E-state index contributed by atoms with van der Waals surface area (Å²) in [5.41, 5.74) is 0.499. The van der Waals surface area contributed by atoms with Gasteiger partial charge in [-0.25, -0.2) is 4.79 Å². The number of aliphatic carboxylic acids is 1. The number of hydrogen-bond acceptors (Lipinski definition) is 5. The Morgan fingerprint density at radius 2 is 2.05 bits per heavy atom. The van der Waals surface area contributed by atoms with Crippen molar-refractivity contribution in [1.82, 2.24) is 5.32 Å². The minimum Gasteiger partial charge on any atom is -0.480 e. The van der Waals surface area contributed by atoms with E-state index in [1.807, 2.05) is 0 Å². The SMILES string of the molecule is O=C(O)COCCNC(=O)c1cccc(B(O)O)c1. The molecule has 0 bridgehead atoms. The van der Waals surface area contributed by atoms with Crippen molar-refractivity contribution in [3.63, 3.8) is 0 Å². The van der Waals surface area contributed by atoms with Crippen molar-refractivity contribution in [2.24, 2.45) is 0 Å². The molecule has 0 radical (unpaired) electrons. The lowest BCUT2D eigenvalue weighted by atomic mass is 9.79. The molecule has 0 fully saturated rings. The van der Waals surface area contributed by atoms with E-state index in [-0.39, 0.29) is 24.2 Å². The summed E-state index contributed by atoms with van der Waals surface area (Å²) in [6.07, 6.45) is 0. The van der Waals surface area contributed by atoms with Crippen LogP contribution >= 0.6 is 0 Å². The van der Waals surface area contributed by atoms with Crippen LogP contribution in [0.15, 0.2) is 24.3 Å². The Balaban J connectivity index is 2.41. The highest BCUT2D eigenvalue weighted by atomic mass is 16.5. The van der Waals surface area contributed by atoms with Crippen molar-refractivity contribution in [3.8, 4) is 0 Å². The van der Waals surface area contributed by atoms with Crippen molar-refractivity contribution >= 4 is 24.5 Å².